The number of fused-ring (bicyclic) bond motifs is 1. The molecule has 1 aromatic carbocycles. The Balaban J connectivity index is 1.95. The normalized spacial score (nSPS) is 17.1. The molecule has 1 unspecified atom stereocenters. The van der Waals surface area contributed by atoms with Crippen molar-refractivity contribution in [2.24, 2.45) is 5.73 Å². The Morgan fingerprint density at radius 1 is 1.28 bits per heavy atom. The van der Waals surface area contributed by atoms with Crippen LogP contribution in [0.3, 0.4) is 0 Å². The number of hydrogen-bond acceptors (Lipinski definition) is 3. The zero-order valence-electron chi connectivity index (χ0n) is 10.6. The molecule has 1 aliphatic rings. The molecule has 0 saturated carbocycles. The van der Waals surface area contributed by atoms with E-state index in [1.165, 1.54) is 11.1 Å². The second kappa shape index (κ2) is 4.50. The van der Waals surface area contributed by atoms with Crippen LogP contribution in [0.5, 0.6) is 0 Å². The number of aryl methyl sites for hydroxylation is 1. The van der Waals surface area contributed by atoms with Gasteiger partial charge in [-0.2, -0.15) is 0 Å². The molecule has 0 fully saturated rings. The molecule has 0 spiro atoms. The Morgan fingerprint density at radius 2 is 2.11 bits per heavy atom. The Morgan fingerprint density at radius 3 is 2.89 bits per heavy atom. The topological polar surface area (TPSA) is 51.8 Å². The van der Waals surface area contributed by atoms with Gasteiger partial charge in [-0.05, 0) is 37.1 Å². The molecule has 0 bridgehead atoms. The maximum absolute atomic E-state index is 5.60. The molecule has 1 atom stereocenters. The standard InChI is InChI=1S/C15H17N3/c1-10-8-12(6-7-16)18-15(17-10)14-9-11-4-2-3-5-13(11)14/h2-5,8,14H,6-7,9,16H2,1H3. The van der Waals surface area contributed by atoms with E-state index in [0.717, 1.165) is 30.1 Å². The highest BCUT2D eigenvalue weighted by Gasteiger charge is 2.29. The summed E-state index contributed by atoms with van der Waals surface area (Å²) in [6.45, 7) is 2.66. The SMILES string of the molecule is Cc1cc(CCN)nc(C2Cc3ccccc32)n1. The van der Waals surface area contributed by atoms with E-state index in [4.69, 9.17) is 5.73 Å². The minimum absolute atomic E-state index is 0.373. The Labute approximate surface area is 107 Å². The molecule has 0 saturated heterocycles. The molecule has 0 aliphatic heterocycles. The highest BCUT2D eigenvalue weighted by Crippen LogP contribution is 2.38. The first kappa shape index (κ1) is 11.4. The van der Waals surface area contributed by atoms with Crippen LogP contribution >= 0.6 is 0 Å². The minimum atomic E-state index is 0.373. The van der Waals surface area contributed by atoms with E-state index in [-0.39, 0.29) is 0 Å². The second-order valence-electron chi connectivity index (χ2n) is 4.85. The molecule has 2 aromatic rings. The average molecular weight is 239 g/mol. The predicted octanol–water partition coefficient (Wildman–Crippen LogP) is 1.97. The number of nitrogens with zero attached hydrogens (tertiary/aromatic N) is 2. The summed E-state index contributed by atoms with van der Waals surface area (Å²) in [7, 11) is 0. The fourth-order valence-electron chi connectivity index (χ4n) is 2.58. The minimum Gasteiger partial charge on any atom is -0.330 e. The van der Waals surface area contributed by atoms with Crippen LogP contribution < -0.4 is 5.73 Å². The van der Waals surface area contributed by atoms with E-state index in [9.17, 15) is 0 Å². The van der Waals surface area contributed by atoms with Gasteiger partial charge in [0.2, 0.25) is 0 Å². The van der Waals surface area contributed by atoms with Gasteiger partial charge in [-0.25, -0.2) is 9.97 Å². The van der Waals surface area contributed by atoms with Gasteiger partial charge in [-0.15, -0.1) is 0 Å². The van der Waals surface area contributed by atoms with Crippen molar-refractivity contribution in [3.05, 3.63) is 58.7 Å². The van der Waals surface area contributed by atoms with Crippen molar-refractivity contribution in [1.82, 2.24) is 9.97 Å². The third kappa shape index (κ3) is 1.91. The van der Waals surface area contributed by atoms with E-state index in [1.54, 1.807) is 0 Å². The number of nitrogens with two attached hydrogens (primary N) is 1. The Hall–Kier alpha value is -1.74. The molecule has 92 valence electrons. The van der Waals surface area contributed by atoms with Crippen molar-refractivity contribution in [3.8, 4) is 0 Å². The van der Waals surface area contributed by atoms with Gasteiger partial charge in [0, 0.05) is 23.7 Å². The van der Waals surface area contributed by atoms with E-state index in [0.29, 0.717) is 12.5 Å². The molecular weight excluding hydrogens is 222 g/mol. The lowest BCUT2D eigenvalue weighted by Gasteiger charge is -2.29. The Kier molecular flexibility index (Phi) is 2.84. The van der Waals surface area contributed by atoms with Crippen molar-refractivity contribution >= 4 is 0 Å². The van der Waals surface area contributed by atoms with Gasteiger partial charge in [0.1, 0.15) is 5.82 Å². The number of benzene rings is 1. The lowest BCUT2D eigenvalue weighted by Crippen LogP contribution is -2.21. The van der Waals surface area contributed by atoms with Crippen molar-refractivity contribution in [3.63, 3.8) is 0 Å². The van der Waals surface area contributed by atoms with Gasteiger partial charge in [0.05, 0.1) is 0 Å². The Bertz CT molecular complexity index is 578. The summed E-state index contributed by atoms with van der Waals surface area (Å²) < 4.78 is 0. The monoisotopic (exact) mass is 239 g/mol. The van der Waals surface area contributed by atoms with Gasteiger partial charge < -0.3 is 5.73 Å². The molecular formula is C15H17N3. The summed E-state index contributed by atoms with van der Waals surface area (Å²) in [5.74, 6) is 1.33. The molecule has 3 nitrogen and oxygen atoms in total. The van der Waals surface area contributed by atoms with Gasteiger partial charge in [-0.1, -0.05) is 24.3 Å². The van der Waals surface area contributed by atoms with Crippen LogP contribution in [0.25, 0.3) is 0 Å². The zero-order valence-corrected chi connectivity index (χ0v) is 10.6. The van der Waals surface area contributed by atoms with Crippen LogP contribution in [0.15, 0.2) is 30.3 Å². The second-order valence-corrected chi connectivity index (χ2v) is 4.85. The number of aromatic nitrogens is 2. The molecule has 3 rings (SSSR count). The van der Waals surface area contributed by atoms with E-state index >= 15 is 0 Å². The first-order valence-corrected chi connectivity index (χ1v) is 6.40. The number of hydrogen-bond donors (Lipinski definition) is 1. The van der Waals surface area contributed by atoms with E-state index in [2.05, 4.69) is 34.2 Å². The van der Waals surface area contributed by atoms with Crippen molar-refractivity contribution in [2.45, 2.75) is 25.7 Å². The summed E-state index contributed by atoms with van der Waals surface area (Å²) in [6.07, 6.45) is 1.88. The maximum Gasteiger partial charge on any atom is 0.136 e. The molecule has 18 heavy (non-hydrogen) atoms. The molecule has 0 amide bonds. The van der Waals surface area contributed by atoms with Crippen LogP contribution in [0.1, 0.15) is 34.3 Å². The highest BCUT2D eigenvalue weighted by atomic mass is 14.9. The average Bonchev–Trinajstić information content (AvgIpc) is 2.30. The third-order valence-electron chi connectivity index (χ3n) is 3.49. The van der Waals surface area contributed by atoms with Gasteiger partial charge in [0.15, 0.2) is 0 Å². The summed E-state index contributed by atoms with van der Waals surface area (Å²) in [5.41, 5.74) is 10.5. The van der Waals surface area contributed by atoms with E-state index in [1.807, 2.05) is 13.0 Å². The first-order valence-electron chi connectivity index (χ1n) is 6.40. The smallest absolute Gasteiger partial charge is 0.136 e. The van der Waals surface area contributed by atoms with Crippen LogP contribution in [0.4, 0.5) is 0 Å². The lowest BCUT2D eigenvalue weighted by molar-refractivity contribution is 0.649. The van der Waals surface area contributed by atoms with Crippen LogP contribution in [-0.2, 0) is 12.8 Å². The molecule has 2 N–H and O–H groups in total. The lowest BCUT2D eigenvalue weighted by atomic mass is 9.77. The van der Waals surface area contributed by atoms with Crippen LogP contribution in [-0.4, -0.2) is 16.5 Å². The molecule has 1 heterocycles. The first-order chi connectivity index (χ1) is 8.78. The highest BCUT2D eigenvalue weighted by molar-refractivity contribution is 5.44. The van der Waals surface area contributed by atoms with E-state index < -0.39 is 0 Å². The van der Waals surface area contributed by atoms with Crippen molar-refractivity contribution in [1.29, 1.82) is 0 Å². The molecule has 3 heteroatoms. The molecule has 1 aromatic heterocycles. The third-order valence-corrected chi connectivity index (χ3v) is 3.49. The maximum atomic E-state index is 5.60. The summed E-state index contributed by atoms with van der Waals surface area (Å²) in [6, 6.07) is 10.6. The van der Waals surface area contributed by atoms with Crippen molar-refractivity contribution < 1.29 is 0 Å². The quantitative estimate of drug-likeness (QED) is 0.891. The summed E-state index contributed by atoms with van der Waals surface area (Å²) in [4.78, 5) is 9.24. The van der Waals surface area contributed by atoms with Crippen LogP contribution in [0, 0.1) is 6.92 Å². The molecule has 0 radical (unpaired) electrons. The fourth-order valence-corrected chi connectivity index (χ4v) is 2.58. The van der Waals surface area contributed by atoms with Gasteiger partial charge >= 0.3 is 0 Å². The van der Waals surface area contributed by atoms with Crippen molar-refractivity contribution in [2.75, 3.05) is 6.54 Å². The van der Waals surface area contributed by atoms with Gasteiger partial charge in [0.25, 0.3) is 0 Å². The zero-order chi connectivity index (χ0) is 12.5. The largest absolute Gasteiger partial charge is 0.330 e. The number of rotatable bonds is 3. The fraction of sp³-hybridized carbons (Fsp3) is 0.333. The predicted molar refractivity (Wildman–Crippen MR) is 71.5 cm³/mol. The summed E-state index contributed by atoms with van der Waals surface area (Å²) in [5, 5.41) is 0. The molecule has 1 aliphatic carbocycles. The van der Waals surface area contributed by atoms with Gasteiger partial charge in [-0.3, -0.25) is 0 Å². The van der Waals surface area contributed by atoms with Crippen LogP contribution in [0.2, 0.25) is 0 Å². The summed E-state index contributed by atoms with van der Waals surface area (Å²) >= 11 is 0.